The van der Waals surface area contributed by atoms with Crippen LogP contribution in [0.25, 0.3) is 0 Å². The number of rotatable bonds is 6. The molecule has 1 atom stereocenters. The minimum absolute atomic E-state index is 0.106. The molecule has 0 aliphatic rings. The van der Waals surface area contributed by atoms with Gasteiger partial charge in [0.15, 0.2) is 0 Å². The highest BCUT2D eigenvalue weighted by molar-refractivity contribution is 7.89. The zero-order chi connectivity index (χ0) is 16.4. The molecule has 1 aromatic rings. The summed E-state index contributed by atoms with van der Waals surface area (Å²) >= 11 is 5.98. The van der Waals surface area contributed by atoms with Gasteiger partial charge < -0.3 is 5.11 Å². The Balaban J connectivity index is 3.28. The Morgan fingerprint density at radius 2 is 1.86 bits per heavy atom. The van der Waals surface area contributed by atoms with Crippen LogP contribution < -0.4 is 0 Å². The van der Waals surface area contributed by atoms with Crippen LogP contribution >= 0.6 is 11.6 Å². The van der Waals surface area contributed by atoms with Crippen molar-refractivity contribution in [1.82, 2.24) is 4.31 Å². The molecule has 0 saturated carbocycles. The topological polar surface area (TPSA) is 57.6 Å². The van der Waals surface area contributed by atoms with E-state index < -0.39 is 10.0 Å². The van der Waals surface area contributed by atoms with E-state index in [1.54, 1.807) is 20.0 Å². The van der Waals surface area contributed by atoms with Crippen molar-refractivity contribution in [3.8, 4) is 0 Å². The quantitative estimate of drug-likeness (QED) is 0.869. The van der Waals surface area contributed by atoms with Gasteiger partial charge in [0, 0.05) is 18.1 Å². The highest BCUT2D eigenvalue weighted by atomic mass is 35.5. The molecular formula is C15H24ClNO3S. The van der Waals surface area contributed by atoms with E-state index in [0.717, 1.165) is 6.42 Å². The lowest BCUT2D eigenvalue weighted by atomic mass is 10.1. The number of benzene rings is 1. The van der Waals surface area contributed by atoms with Gasteiger partial charge in [0.25, 0.3) is 0 Å². The summed E-state index contributed by atoms with van der Waals surface area (Å²) in [5.41, 5.74) is 1.08. The first-order valence-electron chi connectivity index (χ1n) is 6.99. The van der Waals surface area contributed by atoms with Gasteiger partial charge in [-0.2, -0.15) is 4.31 Å². The van der Waals surface area contributed by atoms with Gasteiger partial charge in [-0.15, -0.1) is 0 Å². The maximum atomic E-state index is 12.8. The lowest BCUT2D eigenvalue weighted by Crippen LogP contribution is -2.36. The summed E-state index contributed by atoms with van der Waals surface area (Å²) in [4.78, 5) is 0.164. The Labute approximate surface area is 132 Å². The fourth-order valence-corrected chi connectivity index (χ4v) is 4.33. The molecule has 21 heavy (non-hydrogen) atoms. The van der Waals surface area contributed by atoms with E-state index in [2.05, 4.69) is 13.8 Å². The zero-order valence-corrected chi connectivity index (χ0v) is 14.8. The Morgan fingerprint density at radius 1 is 1.29 bits per heavy atom. The fraction of sp³-hybridized carbons (Fsp3) is 0.600. The predicted molar refractivity (Wildman–Crippen MR) is 86.0 cm³/mol. The first-order chi connectivity index (χ1) is 9.61. The third-order valence-electron chi connectivity index (χ3n) is 3.69. The van der Waals surface area contributed by atoms with Crippen molar-refractivity contribution in [1.29, 1.82) is 0 Å². The summed E-state index contributed by atoms with van der Waals surface area (Å²) in [6.07, 6.45) is 0.780. The van der Waals surface area contributed by atoms with Crippen LogP contribution in [0.2, 0.25) is 5.02 Å². The van der Waals surface area contributed by atoms with Gasteiger partial charge >= 0.3 is 0 Å². The van der Waals surface area contributed by atoms with Crippen molar-refractivity contribution in [2.45, 2.75) is 51.7 Å². The number of aliphatic hydroxyl groups is 1. The lowest BCUT2D eigenvalue weighted by molar-refractivity contribution is 0.280. The summed E-state index contributed by atoms with van der Waals surface area (Å²) in [5, 5.41) is 9.65. The van der Waals surface area contributed by atoms with Crippen molar-refractivity contribution >= 4 is 21.6 Å². The van der Waals surface area contributed by atoms with E-state index in [-0.39, 0.29) is 17.5 Å². The van der Waals surface area contributed by atoms with Gasteiger partial charge in [0.05, 0.1) is 11.5 Å². The number of aliphatic hydroxyl groups excluding tert-OH is 1. The molecule has 1 N–H and O–H groups in total. The molecule has 0 aliphatic carbocycles. The van der Waals surface area contributed by atoms with Crippen LogP contribution in [-0.2, 0) is 16.6 Å². The smallest absolute Gasteiger partial charge is 0.243 e. The van der Waals surface area contributed by atoms with Crippen molar-refractivity contribution in [3.05, 3.63) is 28.3 Å². The van der Waals surface area contributed by atoms with Gasteiger partial charge in [-0.25, -0.2) is 8.42 Å². The normalized spacial score (nSPS) is 14.0. The molecule has 0 aromatic heterocycles. The lowest BCUT2D eigenvalue weighted by Gasteiger charge is -2.26. The van der Waals surface area contributed by atoms with Crippen LogP contribution in [0.5, 0.6) is 0 Å². The Morgan fingerprint density at radius 3 is 2.33 bits per heavy atom. The van der Waals surface area contributed by atoms with E-state index in [4.69, 9.17) is 11.6 Å². The maximum absolute atomic E-state index is 12.8. The average Bonchev–Trinajstić information content (AvgIpc) is 2.38. The SMILES string of the molecule is Cc1c(CO)cc(Cl)cc1S(=O)(=O)N(C)C(C)CC(C)C. The van der Waals surface area contributed by atoms with Crippen molar-refractivity contribution in [3.63, 3.8) is 0 Å². The second-order valence-electron chi connectivity index (χ2n) is 5.85. The summed E-state index contributed by atoms with van der Waals surface area (Å²) in [7, 11) is -2.05. The molecule has 0 aliphatic heterocycles. The van der Waals surface area contributed by atoms with Crippen LogP contribution in [0.4, 0.5) is 0 Å². The van der Waals surface area contributed by atoms with Crippen LogP contribution in [-0.4, -0.2) is 30.9 Å². The Hall–Kier alpha value is -0.620. The molecule has 1 unspecified atom stereocenters. The largest absolute Gasteiger partial charge is 0.392 e. The molecule has 0 bridgehead atoms. The molecular weight excluding hydrogens is 310 g/mol. The second-order valence-corrected chi connectivity index (χ2v) is 8.25. The van der Waals surface area contributed by atoms with Gasteiger partial charge in [-0.1, -0.05) is 25.4 Å². The number of sulfonamides is 1. The first-order valence-corrected chi connectivity index (χ1v) is 8.81. The number of halogens is 1. The Bertz CT molecular complexity index is 599. The monoisotopic (exact) mass is 333 g/mol. The van der Waals surface area contributed by atoms with Crippen LogP contribution in [0.1, 0.15) is 38.3 Å². The highest BCUT2D eigenvalue weighted by Crippen LogP contribution is 2.28. The third-order valence-corrected chi connectivity index (χ3v) is 6.01. The van der Waals surface area contributed by atoms with E-state index in [1.807, 2.05) is 6.92 Å². The van der Waals surface area contributed by atoms with Crippen LogP contribution in [0.15, 0.2) is 17.0 Å². The zero-order valence-electron chi connectivity index (χ0n) is 13.2. The molecule has 0 spiro atoms. The molecule has 0 radical (unpaired) electrons. The van der Waals surface area contributed by atoms with Crippen molar-refractivity contribution in [2.24, 2.45) is 5.92 Å². The van der Waals surface area contributed by atoms with Gasteiger partial charge in [-0.05, 0) is 49.4 Å². The van der Waals surface area contributed by atoms with E-state index in [1.165, 1.54) is 10.4 Å². The molecule has 0 amide bonds. The molecule has 0 heterocycles. The summed E-state index contributed by atoms with van der Waals surface area (Å²) < 4.78 is 26.9. The number of nitrogens with zero attached hydrogens (tertiary/aromatic N) is 1. The summed E-state index contributed by atoms with van der Waals surface area (Å²) in [6.45, 7) is 7.47. The van der Waals surface area contributed by atoms with Crippen molar-refractivity contribution < 1.29 is 13.5 Å². The molecule has 1 rings (SSSR count). The van der Waals surface area contributed by atoms with E-state index >= 15 is 0 Å². The summed E-state index contributed by atoms with van der Waals surface area (Å²) in [5.74, 6) is 0.408. The van der Waals surface area contributed by atoms with Gasteiger partial charge in [0.1, 0.15) is 0 Å². The highest BCUT2D eigenvalue weighted by Gasteiger charge is 2.28. The minimum Gasteiger partial charge on any atom is -0.392 e. The first kappa shape index (κ1) is 18.4. The molecule has 6 heteroatoms. The van der Waals surface area contributed by atoms with Crippen LogP contribution in [0.3, 0.4) is 0 Å². The number of hydrogen-bond donors (Lipinski definition) is 1. The molecule has 4 nitrogen and oxygen atoms in total. The van der Waals surface area contributed by atoms with Crippen LogP contribution in [0, 0.1) is 12.8 Å². The molecule has 120 valence electrons. The van der Waals surface area contributed by atoms with E-state index in [9.17, 15) is 13.5 Å². The third kappa shape index (κ3) is 4.19. The van der Waals surface area contributed by atoms with Gasteiger partial charge in [-0.3, -0.25) is 0 Å². The molecule has 1 aromatic carbocycles. The Kier molecular flexibility index (Phi) is 6.23. The predicted octanol–water partition coefficient (Wildman–Crippen LogP) is 3.20. The van der Waals surface area contributed by atoms with E-state index in [0.29, 0.717) is 22.1 Å². The number of hydrogen-bond acceptors (Lipinski definition) is 3. The summed E-state index contributed by atoms with van der Waals surface area (Å²) in [6, 6.07) is 2.93. The molecule has 0 fully saturated rings. The fourth-order valence-electron chi connectivity index (χ4n) is 2.36. The van der Waals surface area contributed by atoms with Gasteiger partial charge in [0.2, 0.25) is 10.0 Å². The minimum atomic E-state index is -3.63. The standard InChI is InChI=1S/C15H24ClNO3S/c1-10(2)6-11(3)17(5)21(19,20)15-8-14(16)7-13(9-18)12(15)4/h7-8,10-11,18H,6,9H2,1-5H3. The maximum Gasteiger partial charge on any atom is 0.243 e. The van der Waals surface area contributed by atoms with Crippen molar-refractivity contribution in [2.75, 3.05) is 7.05 Å². The molecule has 0 saturated heterocycles. The average molecular weight is 334 g/mol. The second kappa shape index (κ2) is 7.09.